The van der Waals surface area contributed by atoms with E-state index in [0.717, 1.165) is 0 Å². The highest BCUT2D eigenvalue weighted by Gasteiger charge is 2.34. The van der Waals surface area contributed by atoms with Crippen LogP contribution in [0.4, 0.5) is 0 Å². The molecule has 1 aromatic rings. The van der Waals surface area contributed by atoms with Gasteiger partial charge in [-0.25, -0.2) is 8.42 Å². The summed E-state index contributed by atoms with van der Waals surface area (Å²) in [6.07, 6.45) is 1.25. The van der Waals surface area contributed by atoms with E-state index >= 15 is 0 Å². The molecule has 1 unspecified atom stereocenters. The van der Waals surface area contributed by atoms with E-state index in [4.69, 9.17) is 28.9 Å². The van der Waals surface area contributed by atoms with Crippen LogP contribution in [0.5, 0.6) is 0 Å². The molecule has 23 heavy (non-hydrogen) atoms. The maximum absolute atomic E-state index is 12.8. The Morgan fingerprint density at radius 1 is 1.39 bits per heavy atom. The van der Waals surface area contributed by atoms with Crippen LogP contribution in [0.2, 0.25) is 10.0 Å². The van der Waals surface area contributed by atoms with Crippen molar-refractivity contribution in [3.8, 4) is 0 Å². The largest absolute Gasteiger partial charge is 0.355 e. The van der Waals surface area contributed by atoms with Crippen LogP contribution in [0.15, 0.2) is 23.1 Å². The summed E-state index contributed by atoms with van der Waals surface area (Å²) < 4.78 is 26.8. The van der Waals surface area contributed by atoms with Gasteiger partial charge in [-0.15, -0.1) is 0 Å². The van der Waals surface area contributed by atoms with Crippen molar-refractivity contribution in [2.24, 2.45) is 11.7 Å². The Morgan fingerprint density at radius 3 is 2.83 bits per heavy atom. The molecule has 128 valence electrons. The molecule has 1 heterocycles. The minimum Gasteiger partial charge on any atom is -0.355 e. The molecule has 9 heteroatoms. The Balaban J connectivity index is 2.19. The summed E-state index contributed by atoms with van der Waals surface area (Å²) in [5.41, 5.74) is 5.36. The number of benzene rings is 1. The Morgan fingerprint density at radius 2 is 2.13 bits per heavy atom. The number of nitrogens with two attached hydrogens (primary N) is 1. The number of halogens is 2. The lowest BCUT2D eigenvalue weighted by Gasteiger charge is -2.31. The van der Waals surface area contributed by atoms with Gasteiger partial charge in [-0.3, -0.25) is 4.79 Å². The second-order valence-electron chi connectivity index (χ2n) is 5.36. The van der Waals surface area contributed by atoms with Crippen molar-refractivity contribution < 1.29 is 13.2 Å². The highest BCUT2D eigenvalue weighted by molar-refractivity contribution is 7.89. The van der Waals surface area contributed by atoms with Gasteiger partial charge >= 0.3 is 0 Å². The Labute approximate surface area is 146 Å². The molecule has 0 spiro atoms. The van der Waals surface area contributed by atoms with Gasteiger partial charge < -0.3 is 11.1 Å². The predicted octanol–water partition coefficient (Wildman–Crippen LogP) is 1.47. The lowest BCUT2D eigenvalue weighted by molar-refractivity contribution is -0.126. The van der Waals surface area contributed by atoms with Crippen LogP contribution in [0.25, 0.3) is 0 Å². The Bertz CT molecular complexity index is 682. The van der Waals surface area contributed by atoms with Crippen molar-refractivity contribution in [1.29, 1.82) is 0 Å². The van der Waals surface area contributed by atoms with E-state index in [9.17, 15) is 13.2 Å². The van der Waals surface area contributed by atoms with Gasteiger partial charge in [0.25, 0.3) is 0 Å². The normalized spacial score (nSPS) is 19.5. The topological polar surface area (TPSA) is 92.5 Å². The zero-order chi connectivity index (χ0) is 17.0. The van der Waals surface area contributed by atoms with E-state index in [1.807, 2.05) is 0 Å². The summed E-state index contributed by atoms with van der Waals surface area (Å²) in [6, 6.07) is 4.31. The summed E-state index contributed by atoms with van der Waals surface area (Å²) in [4.78, 5) is 12.0. The number of carbonyl (C=O) groups excluding carboxylic acids is 1. The lowest BCUT2D eigenvalue weighted by atomic mass is 9.99. The van der Waals surface area contributed by atoms with Gasteiger partial charge in [-0.1, -0.05) is 23.2 Å². The molecule has 1 aromatic carbocycles. The number of carbonyl (C=O) groups is 1. The van der Waals surface area contributed by atoms with Gasteiger partial charge in [0.05, 0.1) is 10.9 Å². The molecule has 1 fully saturated rings. The molecule has 2 rings (SSSR count). The van der Waals surface area contributed by atoms with Gasteiger partial charge in [0.15, 0.2) is 0 Å². The zero-order valence-corrected chi connectivity index (χ0v) is 14.8. The lowest BCUT2D eigenvalue weighted by Crippen LogP contribution is -2.46. The number of hydrogen-bond acceptors (Lipinski definition) is 4. The highest BCUT2D eigenvalue weighted by Crippen LogP contribution is 2.30. The summed E-state index contributed by atoms with van der Waals surface area (Å²) in [5, 5.41) is 3.11. The molecule has 0 aromatic heterocycles. The van der Waals surface area contributed by atoms with Gasteiger partial charge in [0.2, 0.25) is 15.9 Å². The van der Waals surface area contributed by atoms with Crippen molar-refractivity contribution in [2.45, 2.75) is 17.7 Å². The molecule has 1 amide bonds. The number of hydrogen-bond donors (Lipinski definition) is 2. The van der Waals surface area contributed by atoms with Gasteiger partial charge in [-0.2, -0.15) is 4.31 Å². The fourth-order valence-electron chi connectivity index (χ4n) is 2.53. The second-order valence-corrected chi connectivity index (χ2v) is 8.11. The molecule has 0 saturated carbocycles. The Kier molecular flexibility index (Phi) is 6.27. The quantitative estimate of drug-likeness (QED) is 0.809. The standard InChI is InChI=1S/C14H19Cl2N3O3S/c15-11-3-4-12(16)13(8-11)23(21,22)19-7-1-2-10(9-19)14(20)18-6-5-17/h3-4,8,10H,1-2,5-7,9,17H2,(H,18,20). The number of nitrogens with zero attached hydrogens (tertiary/aromatic N) is 1. The summed E-state index contributed by atoms with van der Waals surface area (Å²) in [5.74, 6) is -0.560. The molecule has 1 saturated heterocycles. The molecular weight excluding hydrogens is 361 g/mol. The molecule has 1 atom stereocenters. The van der Waals surface area contributed by atoms with Crippen LogP contribution in [0.1, 0.15) is 12.8 Å². The third kappa shape index (κ3) is 4.36. The number of piperidine rings is 1. The first-order valence-electron chi connectivity index (χ1n) is 7.29. The van der Waals surface area contributed by atoms with Crippen molar-refractivity contribution in [1.82, 2.24) is 9.62 Å². The number of amides is 1. The molecule has 0 aliphatic carbocycles. The van der Waals surface area contributed by atoms with E-state index < -0.39 is 10.0 Å². The maximum atomic E-state index is 12.8. The SMILES string of the molecule is NCCNC(=O)C1CCCN(S(=O)(=O)c2cc(Cl)ccc2Cl)C1. The van der Waals surface area contributed by atoms with Crippen LogP contribution in [0, 0.1) is 5.92 Å². The third-order valence-corrected chi connectivity index (χ3v) is 6.29. The maximum Gasteiger partial charge on any atom is 0.244 e. The highest BCUT2D eigenvalue weighted by atomic mass is 35.5. The zero-order valence-electron chi connectivity index (χ0n) is 12.5. The molecule has 0 bridgehead atoms. The summed E-state index contributed by atoms with van der Waals surface area (Å²) in [6.45, 7) is 1.20. The molecule has 1 aliphatic heterocycles. The van der Waals surface area contributed by atoms with E-state index in [-0.39, 0.29) is 28.3 Å². The van der Waals surface area contributed by atoms with E-state index in [0.29, 0.717) is 37.5 Å². The van der Waals surface area contributed by atoms with Crippen LogP contribution in [-0.2, 0) is 14.8 Å². The van der Waals surface area contributed by atoms with Gasteiger partial charge in [-0.05, 0) is 31.0 Å². The second kappa shape index (κ2) is 7.81. The van der Waals surface area contributed by atoms with E-state index in [1.54, 1.807) is 0 Å². The minimum absolute atomic E-state index is 0.0327. The smallest absolute Gasteiger partial charge is 0.244 e. The van der Waals surface area contributed by atoms with Crippen LogP contribution in [-0.4, -0.2) is 44.8 Å². The molecule has 6 nitrogen and oxygen atoms in total. The average Bonchev–Trinajstić information content (AvgIpc) is 2.54. The van der Waals surface area contributed by atoms with Gasteiger partial charge in [0, 0.05) is 31.2 Å². The van der Waals surface area contributed by atoms with Crippen molar-refractivity contribution in [3.05, 3.63) is 28.2 Å². The fraction of sp³-hybridized carbons (Fsp3) is 0.500. The summed E-state index contributed by atoms with van der Waals surface area (Å²) in [7, 11) is -3.79. The molecular formula is C14H19Cl2N3O3S. The van der Waals surface area contributed by atoms with Crippen molar-refractivity contribution >= 4 is 39.1 Å². The number of rotatable bonds is 5. The summed E-state index contributed by atoms with van der Waals surface area (Å²) >= 11 is 11.9. The predicted molar refractivity (Wildman–Crippen MR) is 90.0 cm³/mol. The third-order valence-electron chi connectivity index (χ3n) is 3.71. The van der Waals surface area contributed by atoms with Crippen LogP contribution < -0.4 is 11.1 Å². The van der Waals surface area contributed by atoms with Crippen molar-refractivity contribution in [3.63, 3.8) is 0 Å². The monoisotopic (exact) mass is 379 g/mol. The number of nitrogens with one attached hydrogen (secondary N) is 1. The first kappa shape index (κ1) is 18.5. The van der Waals surface area contributed by atoms with Gasteiger partial charge in [0.1, 0.15) is 4.90 Å². The minimum atomic E-state index is -3.79. The van der Waals surface area contributed by atoms with E-state index in [2.05, 4.69) is 5.32 Å². The van der Waals surface area contributed by atoms with Crippen LogP contribution in [0.3, 0.4) is 0 Å². The van der Waals surface area contributed by atoms with Crippen molar-refractivity contribution in [2.75, 3.05) is 26.2 Å². The first-order chi connectivity index (χ1) is 10.9. The molecule has 1 aliphatic rings. The first-order valence-corrected chi connectivity index (χ1v) is 9.49. The van der Waals surface area contributed by atoms with Crippen LogP contribution >= 0.6 is 23.2 Å². The average molecular weight is 380 g/mol. The Hall–Kier alpha value is -0.860. The molecule has 0 radical (unpaired) electrons. The fourth-order valence-corrected chi connectivity index (χ4v) is 4.79. The van der Waals surface area contributed by atoms with E-state index in [1.165, 1.54) is 22.5 Å². The molecule has 3 N–H and O–H groups in total. The number of sulfonamides is 1.